The summed E-state index contributed by atoms with van der Waals surface area (Å²) in [6, 6.07) is -0.602. The van der Waals surface area contributed by atoms with Gasteiger partial charge in [-0.2, -0.15) is 0 Å². The van der Waals surface area contributed by atoms with E-state index in [4.69, 9.17) is 11.5 Å². The van der Waals surface area contributed by atoms with Gasteiger partial charge in [-0.15, -0.1) is 0 Å². The fraction of sp³-hybridized carbons (Fsp3) is 0.714. The van der Waals surface area contributed by atoms with Crippen LogP contribution in [0.15, 0.2) is 0 Å². The van der Waals surface area contributed by atoms with E-state index in [0.29, 0.717) is 19.3 Å². The van der Waals surface area contributed by atoms with Crippen molar-refractivity contribution in [3.63, 3.8) is 0 Å². The maximum Gasteiger partial charge on any atom is 0.234 e. The predicted octanol–water partition coefficient (Wildman–Crippen LogP) is -0.442. The molecule has 0 radical (unpaired) electrons. The highest BCUT2D eigenvalue weighted by molar-refractivity contribution is 5.79. The highest BCUT2D eigenvalue weighted by atomic mass is 16.1. The maximum atomic E-state index is 10.4. The summed E-state index contributed by atoms with van der Waals surface area (Å²) in [5.41, 5.74) is 10.2. The van der Waals surface area contributed by atoms with Crippen molar-refractivity contribution in [2.75, 3.05) is 0 Å². The minimum Gasteiger partial charge on any atom is -0.368 e. The number of hydrogen-bond donors (Lipinski definition) is 2. The molecule has 0 heterocycles. The zero-order valence-electron chi connectivity index (χ0n) is 6.67. The number of carbonyl (C=O) groups is 2. The highest BCUT2D eigenvalue weighted by Gasteiger charge is 2.08. The van der Waals surface area contributed by atoms with E-state index < -0.39 is 11.9 Å². The molecule has 0 saturated heterocycles. The van der Waals surface area contributed by atoms with Crippen molar-refractivity contribution in [1.82, 2.24) is 0 Å². The first kappa shape index (κ1) is 10.1. The fourth-order valence-corrected chi connectivity index (χ4v) is 0.713. The van der Waals surface area contributed by atoms with Gasteiger partial charge >= 0.3 is 0 Å². The predicted molar refractivity (Wildman–Crippen MR) is 41.7 cm³/mol. The van der Waals surface area contributed by atoms with E-state index in [2.05, 4.69) is 0 Å². The summed E-state index contributed by atoms with van der Waals surface area (Å²) in [5.74, 6) is -0.393. The van der Waals surface area contributed by atoms with E-state index in [1.54, 1.807) is 0 Å². The molecule has 0 rings (SSSR count). The van der Waals surface area contributed by atoms with Crippen LogP contribution in [0.5, 0.6) is 0 Å². The van der Waals surface area contributed by atoms with Crippen molar-refractivity contribution in [2.45, 2.75) is 32.2 Å². The summed E-state index contributed by atoms with van der Waals surface area (Å²) in [6.07, 6.45) is 1.61. The lowest BCUT2D eigenvalue weighted by molar-refractivity contribution is -0.120. The number of hydrogen-bond acceptors (Lipinski definition) is 3. The van der Waals surface area contributed by atoms with Gasteiger partial charge in [0.05, 0.1) is 6.04 Å². The molecule has 0 aromatic rings. The molecule has 0 saturated carbocycles. The van der Waals surface area contributed by atoms with Crippen LogP contribution in [-0.2, 0) is 9.59 Å². The van der Waals surface area contributed by atoms with Gasteiger partial charge in [-0.25, -0.2) is 0 Å². The van der Waals surface area contributed by atoms with Crippen LogP contribution in [0, 0.1) is 0 Å². The monoisotopic (exact) mass is 158 g/mol. The summed E-state index contributed by atoms with van der Waals surface area (Å²) in [7, 11) is 0. The highest BCUT2D eigenvalue weighted by Crippen LogP contribution is 1.98. The van der Waals surface area contributed by atoms with Crippen molar-refractivity contribution in [2.24, 2.45) is 11.5 Å². The third-order valence-corrected chi connectivity index (χ3v) is 1.41. The molecule has 0 aromatic carbocycles. The van der Waals surface area contributed by atoms with Gasteiger partial charge in [0.15, 0.2) is 0 Å². The SMILES string of the molecule is CC(=O)CCCC(N)C(N)=O. The van der Waals surface area contributed by atoms with E-state index in [0.717, 1.165) is 0 Å². The Morgan fingerprint density at radius 2 is 2.00 bits per heavy atom. The first-order valence-electron chi connectivity index (χ1n) is 3.58. The van der Waals surface area contributed by atoms with Gasteiger partial charge in [-0.05, 0) is 19.8 Å². The van der Waals surface area contributed by atoms with E-state index in [-0.39, 0.29) is 5.78 Å². The van der Waals surface area contributed by atoms with E-state index in [1.165, 1.54) is 6.92 Å². The molecule has 11 heavy (non-hydrogen) atoms. The fourth-order valence-electron chi connectivity index (χ4n) is 0.713. The number of Topliss-reactive ketones (excluding diaryl/α,β-unsaturated/α-hetero) is 1. The molecule has 0 aromatic heterocycles. The molecule has 0 spiro atoms. The Balaban J connectivity index is 3.39. The quantitative estimate of drug-likeness (QED) is 0.568. The minimum absolute atomic E-state index is 0.113. The Labute approximate surface area is 65.9 Å². The minimum atomic E-state index is -0.602. The number of primary amides is 1. The maximum absolute atomic E-state index is 10.4. The third kappa shape index (κ3) is 5.54. The topological polar surface area (TPSA) is 86.2 Å². The van der Waals surface area contributed by atoms with Crippen LogP contribution in [0.4, 0.5) is 0 Å². The van der Waals surface area contributed by atoms with Crippen molar-refractivity contribution in [3.8, 4) is 0 Å². The molecule has 4 heteroatoms. The number of nitrogens with two attached hydrogens (primary N) is 2. The van der Waals surface area contributed by atoms with Crippen LogP contribution in [0.1, 0.15) is 26.2 Å². The Bertz CT molecular complexity index is 157. The third-order valence-electron chi connectivity index (χ3n) is 1.41. The molecule has 0 aliphatic carbocycles. The number of amides is 1. The van der Waals surface area contributed by atoms with Crippen molar-refractivity contribution < 1.29 is 9.59 Å². The molecule has 4 nitrogen and oxygen atoms in total. The van der Waals surface area contributed by atoms with Crippen molar-refractivity contribution in [3.05, 3.63) is 0 Å². The molecule has 4 N–H and O–H groups in total. The summed E-state index contributed by atoms with van der Waals surface area (Å²) in [5, 5.41) is 0. The molecule has 0 fully saturated rings. The molecule has 0 aliphatic heterocycles. The van der Waals surface area contributed by atoms with Crippen LogP contribution < -0.4 is 11.5 Å². The first-order chi connectivity index (χ1) is 5.04. The second-order valence-electron chi connectivity index (χ2n) is 2.60. The molecular formula is C7H14N2O2. The molecule has 1 atom stereocenters. The lowest BCUT2D eigenvalue weighted by Crippen LogP contribution is -2.36. The molecule has 64 valence electrons. The van der Waals surface area contributed by atoms with Crippen LogP contribution in [0.25, 0.3) is 0 Å². The van der Waals surface area contributed by atoms with Gasteiger partial charge in [0, 0.05) is 6.42 Å². The standard InChI is InChI=1S/C7H14N2O2/c1-5(10)3-2-4-6(8)7(9)11/h6H,2-4,8H2,1H3,(H2,9,11). The second kappa shape index (κ2) is 4.85. The van der Waals surface area contributed by atoms with E-state index >= 15 is 0 Å². The van der Waals surface area contributed by atoms with Gasteiger partial charge in [0.2, 0.25) is 5.91 Å². The van der Waals surface area contributed by atoms with Crippen molar-refractivity contribution in [1.29, 1.82) is 0 Å². The van der Waals surface area contributed by atoms with Gasteiger partial charge < -0.3 is 16.3 Å². The second-order valence-corrected chi connectivity index (χ2v) is 2.60. The summed E-state index contributed by atoms with van der Waals surface area (Å²) < 4.78 is 0. The molecule has 1 amide bonds. The van der Waals surface area contributed by atoms with Crippen LogP contribution in [-0.4, -0.2) is 17.7 Å². The van der Waals surface area contributed by atoms with Crippen LogP contribution >= 0.6 is 0 Å². The molecule has 0 bridgehead atoms. The average molecular weight is 158 g/mol. The van der Waals surface area contributed by atoms with Gasteiger partial charge in [0.1, 0.15) is 5.78 Å². The van der Waals surface area contributed by atoms with Gasteiger partial charge in [-0.1, -0.05) is 0 Å². The summed E-state index contributed by atoms with van der Waals surface area (Å²) in [4.78, 5) is 20.8. The Kier molecular flexibility index (Phi) is 4.45. The van der Waals surface area contributed by atoms with E-state index in [9.17, 15) is 9.59 Å². The summed E-state index contributed by atoms with van der Waals surface area (Å²) in [6.45, 7) is 1.51. The van der Waals surface area contributed by atoms with Crippen LogP contribution in [0.3, 0.4) is 0 Å². The Morgan fingerprint density at radius 1 is 1.45 bits per heavy atom. The normalized spacial score (nSPS) is 12.5. The Morgan fingerprint density at radius 3 is 2.36 bits per heavy atom. The largest absolute Gasteiger partial charge is 0.368 e. The number of ketones is 1. The van der Waals surface area contributed by atoms with E-state index in [1.807, 2.05) is 0 Å². The lowest BCUT2D eigenvalue weighted by atomic mass is 10.1. The lowest BCUT2D eigenvalue weighted by Gasteiger charge is -2.04. The molecule has 0 aliphatic rings. The average Bonchev–Trinajstić information content (AvgIpc) is 1.86. The molecule has 1 unspecified atom stereocenters. The zero-order valence-corrected chi connectivity index (χ0v) is 6.67. The van der Waals surface area contributed by atoms with Gasteiger partial charge in [-0.3, -0.25) is 4.79 Å². The molecular weight excluding hydrogens is 144 g/mol. The number of carbonyl (C=O) groups excluding carboxylic acids is 2. The van der Waals surface area contributed by atoms with Gasteiger partial charge in [0.25, 0.3) is 0 Å². The summed E-state index contributed by atoms with van der Waals surface area (Å²) >= 11 is 0. The van der Waals surface area contributed by atoms with Crippen molar-refractivity contribution >= 4 is 11.7 Å². The number of rotatable bonds is 5. The first-order valence-corrected chi connectivity index (χ1v) is 3.58. The Hall–Kier alpha value is -0.900. The zero-order chi connectivity index (χ0) is 8.85. The smallest absolute Gasteiger partial charge is 0.234 e. The van der Waals surface area contributed by atoms with Crippen LogP contribution in [0.2, 0.25) is 0 Å².